The topological polar surface area (TPSA) is 98.8 Å². The zero-order valence-electron chi connectivity index (χ0n) is 22.9. The van der Waals surface area contributed by atoms with Crippen molar-refractivity contribution in [1.29, 1.82) is 0 Å². The number of nitrogens with zero attached hydrogens (tertiary/aromatic N) is 2. The Labute approximate surface area is 269 Å². The van der Waals surface area contributed by atoms with Gasteiger partial charge in [0.25, 0.3) is 11.8 Å². The van der Waals surface area contributed by atoms with Crippen LogP contribution in [0.2, 0.25) is 0 Å². The van der Waals surface area contributed by atoms with Gasteiger partial charge in [0.05, 0.1) is 9.81 Å². The summed E-state index contributed by atoms with van der Waals surface area (Å²) in [5.41, 5.74) is 6.76. The average Bonchev–Trinajstić information content (AvgIpc) is 3.43. The van der Waals surface area contributed by atoms with E-state index >= 15 is 0 Å². The van der Waals surface area contributed by atoms with Gasteiger partial charge in [-0.15, -0.1) is 0 Å². The summed E-state index contributed by atoms with van der Waals surface area (Å²) in [5, 5.41) is 0. The third-order valence-electron chi connectivity index (χ3n) is 6.11. The first-order valence-electron chi connectivity index (χ1n) is 13.3. The van der Waals surface area contributed by atoms with E-state index in [1.54, 1.807) is 18.2 Å². The minimum absolute atomic E-state index is 0.0402. The summed E-state index contributed by atoms with van der Waals surface area (Å²) in [6.07, 6.45) is 11.2. The van der Waals surface area contributed by atoms with Crippen molar-refractivity contribution < 1.29 is 19.2 Å². The van der Waals surface area contributed by atoms with Crippen LogP contribution in [0.3, 0.4) is 0 Å². The Balaban J connectivity index is 1.14. The molecule has 2 aromatic rings. The summed E-state index contributed by atoms with van der Waals surface area (Å²) in [6, 6.07) is 19.4. The molecule has 0 saturated carbocycles. The predicted molar refractivity (Wildman–Crippen MR) is 181 cm³/mol. The van der Waals surface area contributed by atoms with E-state index < -0.39 is 11.8 Å². The largest absolute Gasteiger partial charge is 0.293 e. The lowest BCUT2D eigenvalue weighted by Gasteiger charge is -2.15. The second-order valence-electron chi connectivity index (χ2n) is 9.20. The summed E-state index contributed by atoms with van der Waals surface area (Å²) >= 11 is 13.1. The van der Waals surface area contributed by atoms with Gasteiger partial charge in [0.15, 0.2) is 0 Å². The molecule has 2 aliphatic heterocycles. The number of thiocarbonyl (C=S) groups is 2. The molecule has 0 spiro atoms. The minimum Gasteiger partial charge on any atom is -0.293 e. The van der Waals surface area contributed by atoms with E-state index in [9.17, 15) is 19.2 Å². The molecule has 2 N–H and O–H groups in total. The van der Waals surface area contributed by atoms with Gasteiger partial charge in [-0.25, -0.2) is 0 Å². The van der Waals surface area contributed by atoms with Crippen LogP contribution in [0.25, 0.3) is 12.2 Å². The van der Waals surface area contributed by atoms with Gasteiger partial charge in [-0.3, -0.25) is 39.8 Å². The molecular formula is C31H28N4O4S4. The first-order chi connectivity index (χ1) is 20.8. The highest BCUT2D eigenvalue weighted by Crippen LogP contribution is 2.32. The van der Waals surface area contributed by atoms with Crippen molar-refractivity contribution in [1.82, 2.24) is 20.7 Å². The Bertz CT molecular complexity index is 1520. The molecule has 2 aliphatic rings. The Morgan fingerprint density at radius 3 is 1.60 bits per heavy atom. The lowest BCUT2D eigenvalue weighted by molar-refractivity contribution is -0.129. The van der Waals surface area contributed by atoms with Crippen molar-refractivity contribution in [2.24, 2.45) is 0 Å². The summed E-state index contributed by atoms with van der Waals surface area (Å²) in [4.78, 5) is 53.8. The highest BCUT2D eigenvalue weighted by molar-refractivity contribution is 8.27. The van der Waals surface area contributed by atoms with E-state index in [2.05, 4.69) is 10.9 Å². The standard InChI is InChI=1S/C31H28N4O4S4/c36-26(18-9-20-34-28(38)24(42-30(34)40)16-7-14-22-10-3-1-4-11-22)32-33-27(37)19-21-35-29(39)25(43-31(35)41)17-8-15-23-12-5-2-6-13-23/h1-8,10-17H,9,18-21H2,(H,32,36)(H,33,37)/b14-7+,15-8+,24-16-,25-17+. The van der Waals surface area contributed by atoms with Crippen molar-refractivity contribution in [2.75, 3.05) is 13.1 Å². The number of benzene rings is 2. The Morgan fingerprint density at radius 1 is 0.674 bits per heavy atom. The van der Waals surface area contributed by atoms with Crippen LogP contribution < -0.4 is 10.9 Å². The van der Waals surface area contributed by atoms with Crippen molar-refractivity contribution in [3.8, 4) is 0 Å². The van der Waals surface area contributed by atoms with E-state index in [4.69, 9.17) is 24.4 Å². The monoisotopic (exact) mass is 648 g/mol. The maximum absolute atomic E-state index is 12.7. The maximum atomic E-state index is 12.7. The van der Waals surface area contributed by atoms with Gasteiger partial charge in [0, 0.05) is 25.9 Å². The molecule has 2 saturated heterocycles. The van der Waals surface area contributed by atoms with Crippen LogP contribution in [0.15, 0.2) is 94.8 Å². The fourth-order valence-electron chi connectivity index (χ4n) is 3.91. The number of hydrazine groups is 1. The molecule has 2 aromatic carbocycles. The van der Waals surface area contributed by atoms with Gasteiger partial charge in [0.1, 0.15) is 8.64 Å². The van der Waals surface area contributed by atoms with Crippen LogP contribution in [-0.2, 0) is 19.2 Å². The summed E-state index contributed by atoms with van der Waals surface area (Å²) in [5.74, 6) is -1.32. The third-order valence-corrected chi connectivity index (χ3v) is 8.90. The molecule has 2 fully saturated rings. The molecule has 4 rings (SSSR count). The van der Waals surface area contributed by atoms with Crippen LogP contribution in [0.5, 0.6) is 0 Å². The zero-order valence-corrected chi connectivity index (χ0v) is 26.2. The Kier molecular flexibility index (Phi) is 12.0. The van der Waals surface area contributed by atoms with Crippen LogP contribution in [0.1, 0.15) is 30.4 Å². The van der Waals surface area contributed by atoms with E-state index in [0.29, 0.717) is 24.9 Å². The molecule has 0 atom stereocenters. The fraction of sp³-hybridized carbons (Fsp3) is 0.161. The minimum atomic E-state index is -0.457. The lowest BCUT2D eigenvalue weighted by atomic mass is 10.2. The van der Waals surface area contributed by atoms with Gasteiger partial charge in [0.2, 0.25) is 11.8 Å². The Hall–Kier alpha value is -3.84. The highest BCUT2D eigenvalue weighted by Gasteiger charge is 2.32. The van der Waals surface area contributed by atoms with Crippen LogP contribution in [0, 0.1) is 0 Å². The second kappa shape index (κ2) is 16.1. The molecular weight excluding hydrogens is 621 g/mol. The highest BCUT2D eigenvalue weighted by atomic mass is 32.2. The average molecular weight is 649 g/mol. The molecule has 0 aliphatic carbocycles. The number of carbonyl (C=O) groups is 4. The van der Waals surface area contributed by atoms with E-state index in [0.717, 1.165) is 11.1 Å². The van der Waals surface area contributed by atoms with E-state index in [-0.39, 0.29) is 37.7 Å². The number of amides is 4. The molecule has 12 heteroatoms. The summed E-state index contributed by atoms with van der Waals surface area (Å²) in [7, 11) is 0. The first kappa shape index (κ1) is 32.1. The van der Waals surface area contributed by atoms with Crippen molar-refractivity contribution in [3.05, 3.63) is 106 Å². The van der Waals surface area contributed by atoms with Gasteiger partial charge in [-0.2, -0.15) is 0 Å². The number of thioether (sulfide) groups is 2. The van der Waals surface area contributed by atoms with Crippen LogP contribution in [-0.4, -0.2) is 55.2 Å². The number of allylic oxidation sites excluding steroid dienone is 4. The summed E-state index contributed by atoms with van der Waals surface area (Å²) < 4.78 is 0.815. The quantitative estimate of drug-likeness (QED) is 0.195. The first-order valence-corrected chi connectivity index (χ1v) is 15.8. The second-order valence-corrected chi connectivity index (χ2v) is 12.6. The van der Waals surface area contributed by atoms with Crippen LogP contribution >= 0.6 is 48.0 Å². The van der Waals surface area contributed by atoms with Gasteiger partial charge in [-0.05, 0) is 29.7 Å². The third kappa shape index (κ3) is 9.58. The molecule has 0 radical (unpaired) electrons. The van der Waals surface area contributed by atoms with Gasteiger partial charge in [-0.1, -0.05) is 133 Å². The molecule has 2 heterocycles. The molecule has 0 aromatic heterocycles. The molecule has 43 heavy (non-hydrogen) atoms. The van der Waals surface area contributed by atoms with Gasteiger partial charge < -0.3 is 0 Å². The van der Waals surface area contributed by atoms with Crippen molar-refractivity contribution in [3.63, 3.8) is 0 Å². The van der Waals surface area contributed by atoms with Crippen molar-refractivity contribution in [2.45, 2.75) is 19.3 Å². The van der Waals surface area contributed by atoms with E-state index in [1.165, 1.54) is 33.3 Å². The predicted octanol–water partition coefficient (Wildman–Crippen LogP) is 5.22. The number of hydrogen-bond acceptors (Lipinski definition) is 8. The number of hydrogen-bond donors (Lipinski definition) is 2. The Morgan fingerprint density at radius 2 is 1.12 bits per heavy atom. The molecule has 8 nitrogen and oxygen atoms in total. The van der Waals surface area contributed by atoms with Crippen molar-refractivity contribution >= 4 is 92.4 Å². The van der Waals surface area contributed by atoms with Gasteiger partial charge >= 0.3 is 0 Å². The fourth-order valence-corrected chi connectivity index (χ4v) is 6.43. The zero-order chi connectivity index (χ0) is 30.6. The molecule has 220 valence electrons. The summed E-state index contributed by atoms with van der Waals surface area (Å²) in [6.45, 7) is 0.378. The number of carbonyl (C=O) groups excluding carboxylic acids is 4. The molecule has 0 bridgehead atoms. The molecule has 0 unspecified atom stereocenters. The number of rotatable bonds is 11. The smallest absolute Gasteiger partial charge is 0.266 e. The number of nitrogens with one attached hydrogen (secondary N) is 2. The maximum Gasteiger partial charge on any atom is 0.266 e. The molecule has 4 amide bonds. The lowest BCUT2D eigenvalue weighted by Crippen LogP contribution is -2.43. The normalized spacial score (nSPS) is 17.3. The van der Waals surface area contributed by atoms with E-state index in [1.807, 2.05) is 78.9 Å². The van der Waals surface area contributed by atoms with Crippen LogP contribution in [0.4, 0.5) is 0 Å². The SMILES string of the molecule is O=C(CCCN1C(=O)/C(=C/C=C/c2ccccc2)SC1=S)NNC(=O)CCN1C(=O)/C(=C\C=C\c2ccccc2)SC1=S.